The second-order valence-electron chi connectivity index (χ2n) is 7.47. The summed E-state index contributed by atoms with van der Waals surface area (Å²) >= 11 is 5.24. The third-order valence-corrected chi connectivity index (χ3v) is 5.55. The lowest BCUT2D eigenvalue weighted by molar-refractivity contribution is -0.300. The van der Waals surface area contributed by atoms with Crippen LogP contribution in [-0.2, 0) is 19.1 Å². The first-order chi connectivity index (χ1) is 15.3. The number of carbonyl (C=O) groups excluding carboxylic acids is 2. The van der Waals surface area contributed by atoms with Crippen LogP contribution in [0.3, 0.4) is 0 Å². The molecule has 3 rings (SSSR count). The average Bonchev–Trinajstić information content (AvgIpc) is 3.08. The number of hydrogen-bond acceptors (Lipinski definition) is 9. The van der Waals surface area contributed by atoms with Crippen LogP contribution < -0.4 is 15.5 Å². The van der Waals surface area contributed by atoms with Gasteiger partial charge < -0.3 is 40.5 Å². The van der Waals surface area contributed by atoms with Gasteiger partial charge in [-0.05, 0) is 30.8 Å². The normalized spacial score (nSPS) is 30.3. The summed E-state index contributed by atoms with van der Waals surface area (Å²) in [6, 6.07) is 8.39. The summed E-state index contributed by atoms with van der Waals surface area (Å²) in [6.07, 6.45) is -6.49. The van der Waals surface area contributed by atoms with Crippen LogP contribution in [-0.4, -0.2) is 93.9 Å². The van der Waals surface area contributed by atoms with Gasteiger partial charge in [0.2, 0.25) is 5.91 Å². The quantitative estimate of drug-likeness (QED) is 0.176. The molecule has 2 fully saturated rings. The highest BCUT2D eigenvalue weighted by molar-refractivity contribution is 7.80. The SMILES string of the molecule is O=C(CCC1NC(=S)N(c2ccccc2)C1=O)NCCO[C@H]1O[C@H](CO)[C@H](O)[C@H](O)[C@H]1O. The van der Waals surface area contributed by atoms with E-state index in [0.717, 1.165) is 0 Å². The highest BCUT2D eigenvalue weighted by Gasteiger charge is 2.44. The van der Waals surface area contributed by atoms with E-state index in [-0.39, 0.29) is 37.8 Å². The maximum atomic E-state index is 12.6. The van der Waals surface area contributed by atoms with E-state index in [0.29, 0.717) is 10.8 Å². The molecule has 1 unspecified atom stereocenters. The number of rotatable bonds is 9. The molecule has 2 saturated heterocycles. The first-order valence-corrected chi connectivity index (χ1v) is 10.6. The maximum Gasteiger partial charge on any atom is 0.255 e. The van der Waals surface area contributed by atoms with Gasteiger partial charge in [-0.25, -0.2) is 0 Å². The Kier molecular flexibility index (Phi) is 8.48. The van der Waals surface area contributed by atoms with Crippen LogP contribution in [0.25, 0.3) is 0 Å². The largest absolute Gasteiger partial charge is 0.394 e. The van der Waals surface area contributed by atoms with Crippen molar-refractivity contribution in [1.82, 2.24) is 10.6 Å². The van der Waals surface area contributed by atoms with Crippen molar-refractivity contribution >= 4 is 34.8 Å². The van der Waals surface area contributed by atoms with Crippen LogP contribution in [0.5, 0.6) is 0 Å². The molecular formula is C20H27N3O8S. The summed E-state index contributed by atoms with van der Waals surface area (Å²) < 4.78 is 10.5. The molecular weight excluding hydrogens is 442 g/mol. The molecule has 2 aliphatic heterocycles. The molecule has 0 radical (unpaired) electrons. The zero-order chi connectivity index (χ0) is 23.3. The van der Waals surface area contributed by atoms with Crippen LogP contribution in [0, 0.1) is 0 Å². The predicted molar refractivity (Wildman–Crippen MR) is 115 cm³/mol. The molecule has 0 bridgehead atoms. The van der Waals surface area contributed by atoms with Gasteiger partial charge >= 0.3 is 0 Å². The first-order valence-electron chi connectivity index (χ1n) is 10.2. The van der Waals surface area contributed by atoms with Crippen molar-refractivity contribution in [2.75, 3.05) is 24.7 Å². The van der Waals surface area contributed by atoms with Crippen LogP contribution in [0.15, 0.2) is 30.3 Å². The lowest BCUT2D eigenvalue weighted by atomic mass is 9.99. The fourth-order valence-corrected chi connectivity index (χ4v) is 3.82. The molecule has 0 aromatic heterocycles. The van der Waals surface area contributed by atoms with Crippen LogP contribution in [0.1, 0.15) is 12.8 Å². The fraction of sp³-hybridized carbons (Fsp3) is 0.550. The molecule has 0 spiro atoms. The molecule has 0 saturated carbocycles. The van der Waals surface area contributed by atoms with Crippen molar-refractivity contribution < 1.29 is 39.5 Å². The molecule has 2 aliphatic rings. The number of anilines is 1. The van der Waals surface area contributed by atoms with Crippen LogP contribution >= 0.6 is 12.2 Å². The molecule has 32 heavy (non-hydrogen) atoms. The number of para-hydroxylation sites is 1. The third kappa shape index (κ3) is 5.59. The number of nitrogens with zero attached hydrogens (tertiary/aromatic N) is 1. The molecule has 6 atom stereocenters. The van der Waals surface area contributed by atoms with E-state index in [1.165, 1.54) is 4.90 Å². The highest BCUT2D eigenvalue weighted by atomic mass is 32.1. The van der Waals surface area contributed by atoms with Crippen molar-refractivity contribution in [1.29, 1.82) is 0 Å². The Balaban J connectivity index is 1.38. The molecule has 12 heteroatoms. The minimum atomic E-state index is -1.53. The van der Waals surface area contributed by atoms with Crippen molar-refractivity contribution in [2.45, 2.75) is 49.6 Å². The first kappa shape index (κ1) is 24.5. The van der Waals surface area contributed by atoms with E-state index in [1.807, 2.05) is 6.07 Å². The van der Waals surface area contributed by atoms with Crippen molar-refractivity contribution in [2.24, 2.45) is 0 Å². The molecule has 11 nitrogen and oxygen atoms in total. The van der Waals surface area contributed by atoms with Crippen molar-refractivity contribution in [3.05, 3.63) is 30.3 Å². The Labute approximate surface area is 189 Å². The Bertz CT molecular complexity index is 811. The van der Waals surface area contributed by atoms with Gasteiger partial charge in [0.1, 0.15) is 30.5 Å². The Hall–Kier alpha value is -2.19. The second kappa shape index (κ2) is 11.1. The second-order valence-corrected chi connectivity index (χ2v) is 7.85. The number of hydrogen-bond donors (Lipinski definition) is 6. The van der Waals surface area contributed by atoms with Gasteiger partial charge in [0, 0.05) is 13.0 Å². The van der Waals surface area contributed by atoms with E-state index < -0.39 is 43.4 Å². The van der Waals surface area contributed by atoms with Gasteiger partial charge in [0.15, 0.2) is 11.4 Å². The number of thiocarbonyl (C=S) groups is 1. The van der Waals surface area contributed by atoms with Gasteiger partial charge in [-0.3, -0.25) is 14.5 Å². The van der Waals surface area contributed by atoms with Crippen molar-refractivity contribution in [3.63, 3.8) is 0 Å². The number of nitrogens with one attached hydrogen (secondary N) is 2. The van der Waals surface area contributed by atoms with E-state index in [9.17, 15) is 24.9 Å². The van der Waals surface area contributed by atoms with E-state index in [1.54, 1.807) is 24.3 Å². The molecule has 6 N–H and O–H groups in total. The van der Waals surface area contributed by atoms with Gasteiger partial charge in [0.05, 0.1) is 18.9 Å². The molecule has 2 heterocycles. The van der Waals surface area contributed by atoms with Gasteiger partial charge in [-0.2, -0.15) is 0 Å². The fourth-order valence-electron chi connectivity index (χ4n) is 3.48. The number of carbonyl (C=O) groups is 2. The third-order valence-electron chi connectivity index (χ3n) is 5.25. The van der Waals surface area contributed by atoms with Gasteiger partial charge in [0.25, 0.3) is 5.91 Å². The summed E-state index contributed by atoms with van der Waals surface area (Å²) in [4.78, 5) is 26.1. The molecule has 176 valence electrons. The standard InChI is InChI=1S/C20H27N3O8S/c24-10-13-15(26)16(27)17(28)19(31-13)30-9-8-21-14(25)7-6-12-18(29)23(20(32)22-12)11-4-2-1-3-5-11/h1-5,12-13,15-17,19,24,26-28H,6-10H2,(H,21,25)(H,22,32)/t12?,13-,15+,16+,17-,19+/m1/s1. The van der Waals surface area contributed by atoms with E-state index in [2.05, 4.69) is 10.6 Å². The summed E-state index contributed by atoms with van der Waals surface area (Å²) in [7, 11) is 0. The number of ether oxygens (including phenoxy) is 2. The maximum absolute atomic E-state index is 12.6. The zero-order valence-electron chi connectivity index (χ0n) is 17.2. The molecule has 1 aromatic carbocycles. The molecule has 2 amide bonds. The number of aliphatic hydroxyl groups is 4. The Morgan fingerprint density at radius 1 is 1.19 bits per heavy atom. The Morgan fingerprint density at radius 2 is 1.91 bits per heavy atom. The lowest BCUT2D eigenvalue weighted by Crippen LogP contribution is -2.59. The smallest absolute Gasteiger partial charge is 0.255 e. The monoisotopic (exact) mass is 469 g/mol. The summed E-state index contributed by atoms with van der Waals surface area (Å²) in [5.41, 5.74) is 0.660. The Morgan fingerprint density at radius 3 is 2.59 bits per heavy atom. The minimum absolute atomic E-state index is 0.0408. The van der Waals surface area contributed by atoms with Crippen molar-refractivity contribution in [3.8, 4) is 0 Å². The summed E-state index contributed by atoms with van der Waals surface area (Å²) in [5, 5.41) is 44.4. The highest BCUT2D eigenvalue weighted by Crippen LogP contribution is 2.22. The predicted octanol–water partition coefficient (Wildman–Crippen LogP) is -2.01. The zero-order valence-corrected chi connectivity index (χ0v) is 18.0. The number of aliphatic hydroxyl groups excluding tert-OH is 4. The minimum Gasteiger partial charge on any atom is -0.394 e. The summed E-state index contributed by atoms with van der Waals surface area (Å²) in [5.74, 6) is -0.527. The molecule has 0 aliphatic carbocycles. The number of benzene rings is 1. The average molecular weight is 470 g/mol. The van der Waals surface area contributed by atoms with Crippen LogP contribution in [0.2, 0.25) is 0 Å². The van der Waals surface area contributed by atoms with E-state index >= 15 is 0 Å². The van der Waals surface area contributed by atoms with Crippen LogP contribution in [0.4, 0.5) is 5.69 Å². The lowest BCUT2D eigenvalue weighted by Gasteiger charge is -2.39. The molecule has 1 aromatic rings. The van der Waals surface area contributed by atoms with Gasteiger partial charge in [-0.15, -0.1) is 0 Å². The summed E-state index contributed by atoms with van der Waals surface area (Å²) in [6.45, 7) is -0.504. The number of amides is 2. The van der Waals surface area contributed by atoms with Gasteiger partial charge in [-0.1, -0.05) is 18.2 Å². The van der Waals surface area contributed by atoms with E-state index in [4.69, 9.17) is 26.8 Å². The topological polar surface area (TPSA) is 161 Å².